The van der Waals surface area contributed by atoms with E-state index < -0.39 is 25.7 Å². The Morgan fingerprint density at radius 2 is 1.46 bits per heavy atom. The maximum absolute atomic E-state index is 12.7. The lowest BCUT2D eigenvalue weighted by molar-refractivity contribution is 0.333. The van der Waals surface area contributed by atoms with Crippen LogP contribution in [0.1, 0.15) is 11.1 Å². The quantitative estimate of drug-likeness (QED) is 0.312. The fourth-order valence-electron chi connectivity index (χ4n) is 3.15. The summed E-state index contributed by atoms with van der Waals surface area (Å²) in [4.78, 5) is 0.431. The van der Waals surface area contributed by atoms with E-state index in [-0.39, 0.29) is 15.5 Å². The van der Waals surface area contributed by atoms with Crippen LogP contribution >= 0.6 is 11.8 Å². The van der Waals surface area contributed by atoms with Gasteiger partial charge >= 0.3 is 10.1 Å². The fourth-order valence-corrected chi connectivity index (χ4v) is 6.29. The smallest absolute Gasteiger partial charge is 0.339 e. The van der Waals surface area contributed by atoms with Crippen molar-refractivity contribution >= 4 is 37.6 Å². The van der Waals surface area contributed by atoms with E-state index in [0.29, 0.717) is 10.5 Å². The van der Waals surface area contributed by atoms with Crippen LogP contribution in [0.5, 0.6) is 5.75 Å². The standard InChI is InChI=1S/C25H19NO6S3/c1-18-7-11-21(12-8-18)34(27,28)31-20-9-13-22(14-10-20)35(29,30)32-25-16-15-24(33-25)23(17-26)19-5-3-2-4-6-19/h2-16,25H,1H3. The molecule has 3 aromatic carbocycles. The van der Waals surface area contributed by atoms with Gasteiger partial charge in [0.15, 0.2) is 0 Å². The molecule has 178 valence electrons. The molecule has 3 aromatic rings. The third-order valence-corrected chi connectivity index (χ3v) is 8.69. The molecule has 0 N–H and O–H groups in total. The maximum Gasteiger partial charge on any atom is 0.339 e. The highest BCUT2D eigenvalue weighted by Crippen LogP contribution is 2.38. The summed E-state index contributed by atoms with van der Waals surface area (Å²) >= 11 is 1.11. The molecule has 1 aliphatic heterocycles. The van der Waals surface area contributed by atoms with Gasteiger partial charge in [0, 0.05) is 4.91 Å². The Labute approximate surface area is 208 Å². The van der Waals surface area contributed by atoms with Crippen LogP contribution in [0.4, 0.5) is 0 Å². The Balaban J connectivity index is 1.45. The minimum atomic E-state index is -4.16. The van der Waals surface area contributed by atoms with E-state index in [4.69, 9.17) is 8.37 Å². The molecule has 35 heavy (non-hydrogen) atoms. The van der Waals surface area contributed by atoms with Crippen molar-refractivity contribution < 1.29 is 25.2 Å². The van der Waals surface area contributed by atoms with Gasteiger partial charge in [-0.05, 0) is 61.0 Å². The van der Waals surface area contributed by atoms with E-state index in [2.05, 4.69) is 6.07 Å². The molecule has 4 rings (SSSR count). The SMILES string of the molecule is Cc1ccc(S(=O)(=O)Oc2ccc(S(=O)(=O)OC3C=CC(=C(C#N)c4ccccc4)S3)cc2)cc1. The van der Waals surface area contributed by atoms with E-state index in [1.807, 2.05) is 25.1 Å². The van der Waals surface area contributed by atoms with Gasteiger partial charge in [-0.2, -0.15) is 22.1 Å². The predicted molar refractivity (Wildman–Crippen MR) is 133 cm³/mol. The van der Waals surface area contributed by atoms with Gasteiger partial charge in [-0.15, -0.1) is 0 Å². The lowest BCUT2D eigenvalue weighted by atomic mass is 10.1. The first kappa shape index (κ1) is 24.8. The molecule has 0 saturated carbocycles. The molecule has 1 atom stereocenters. The van der Waals surface area contributed by atoms with Crippen molar-refractivity contribution in [2.45, 2.75) is 22.2 Å². The number of benzene rings is 3. The number of aryl methyl sites for hydroxylation is 1. The first-order chi connectivity index (χ1) is 16.7. The van der Waals surface area contributed by atoms with Crippen LogP contribution in [0, 0.1) is 18.3 Å². The van der Waals surface area contributed by atoms with Crippen molar-refractivity contribution in [3.63, 3.8) is 0 Å². The molecule has 1 unspecified atom stereocenters. The first-order valence-corrected chi connectivity index (χ1v) is 14.0. The summed E-state index contributed by atoms with van der Waals surface area (Å²) in [5, 5.41) is 9.56. The number of rotatable bonds is 7. The van der Waals surface area contributed by atoms with E-state index in [1.54, 1.807) is 36.4 Å². The second-order valence-corrected chi connectivity index (χ2v) is 11.7. The Hall–Kier alpha value is -3.36. The normalized spacial score (nSPS) is 17.1. The largest absolute Gasteiger partial charge is 0.379 e. The molecular formula is C25H19NO6S3. The zero-order valence-corrected chi connectivity index (χ0v) is 20.8. The lowest BCUT2D eigenvalue weighted by Crippen LogP contribution is -2.13. The Kier molecular flexibility index (Phi) is 7.14. The summed E-state index contributed by atoms with van der Waals surface area (Å²) in [6, 6.07) is 22.3. The van der Waals surface area contributed by atoms with Crippen LogP contribution < -0.4 is 4.18 Å². The molecule has 0 amide bonds. The summed E-state index contributed by atoms with van der Waals surface area (Å²) in [6.07, 6.45) is 3.22. The molecule has 1 heterocycles. The van der Waals surface area contributed by atoms with Gasteiger partial charge in [0.1, 0.15) is 22.2 Å². The highest BCUT2D eigenvalue weighted by molar-refractivity contribution is 8.04. The van der Waals surface area contributed by atoms with Crippen LogP contribution in [0.2, 0.25) is 0 Å². The van der Waals surface area contributed by atoms with Crippen LogP contribution in [0.15, 0.2) is 106 Å². The predicted octanol–water partition coefficient (Wildman–Crippen LogP) is 5.03. The van der Waals surface area contributed by atoms with Crippen molar-refractivity contribution in [3.8, 4) is 11.8 Å². The number of nitriles is 1. The number of nitrogens with zero attached hydrogens (tertiary/aromatic N) is 1. The Bertz CT molecular complexity index is 1540. The first-order valence-electron chi connectivity index (χ1n) is 10.3. The van der Waals surface area contributed by atoms with Crippen molar-refractivity contribution in [2.75, 3.05) is 0 Å². The van der Waals surface area contributed by atoms with Gasteiger partial charge in [-0.25, -0.2) is 4.18 Å². The molecular weight excluding hydrogens is 506 g/mol. The number of thioether (sulfide) groups is 1. The van der Waals surface area contributed by atoms with Gasteiger partial charge in [0.2, 0.25) is 0 Å². The summed E-state index contributed by atoms with van der Waals surface area (Å²) in [5.74, 6) is -0.0357. The third-order valence-electron chi connectivity index (χ3n) is 4.92. The van der Waals surface area contributed by atoms with Crippen LogP contribution in [-0.4, -0.2) is 22.3 Å². The van der Waals surface area contributed by atoms with Crippen molar-refractivity contribution in [1.29, 1.82) is 5.26 Å². The van der Waals surface area contributed by atoms with Gasteiger partial charge in [-0.1, -0.05) is 59.8 Å². The monoisotopic (exact) mass is 525 g/mol. The molecule has 0 saturated heterocycles. The van der Waals surface area contributed by atoms with Crippen molar-refractivity contribution in [2.24, 2.45) is 0 Å². The third kappa shape index (κ3) is 5.83. The average Bonchev–Trinajstić information content (AvgIpc) is 3.28. The molecule has 0 aliphatic carbocycles. The van der Waals surface area contributed by atoms with Crippen LogP contribution in [-0.2, 0) is 24.4 Å². The maximum atomic E-state index is 12.7. The Morgan fingerprint density at radius 1 is 0.857 bits per heavy atom. The minimum absolute atomic E-state index is 0.00993. The van der Waals surface area contributed by atoms with Gasteiger partial charge < -0.3 is 4.18 Å². The van der Waals surface area contributed by atoms with E-state index >= 15 is 0 Å². The second kappa shape index (κ2) is 10.1. The summed E-state index contributed by atoms with van der Waals surface area (Å²) < 4.78 is 60.8. The summed E-state index contributed by atoms with van der Waals surface area (Å²) in [5.41, 5.74) is 1.20. The van der Waals surface area contributed by atoms with Gasteiger partial charge in [0.05, 0.1) is 10.5 Å². The van der Waals surface area contributed by atoms with Gasteiger partial charge in [0.25, 0.3) is 10.1 Å². The van der Waals surface area contributed by atoms with E-state index in [9.17, 15) is 22.1 Å². The highest BCUT2D eigenvalue weighted by atomic mass is 32.2. The summed E-state index contributed by atoms with van der Waals surface area (Å²) in [7, 11) is -8.23. The average molecular weight is 526 g/mol. The van der Waals surface area contributed by atoms with E-state index in [0.717, 1.165) is 22.9 Å². The highest BCUT2D eigenvalue weighted by Gasteiger charge is 2.26. The zero-order valence-electron chi connectivity index (χ0n) is 18.4. The number of hydrogen-bond acceptors (Lipinski definition) is 8. The van der Waals surface area contributed by atoms with Crippen molar-refractivity contribution in [1.82, 2.24) is 0 Å². The minimum Gasteiger partial charge on any atom is -0.379 e. The molecule has 7 nitrogen and oxygen atoms in total. The topological polar surface area (TPSA) is 111 Å². The molecule has 0 bridgehead atoms. The molecule has 0 spiro atoms. The van der Waals surface area contributed by atoms with Crippen LogP contribution in [0.3, 0.4) is 0 Å². The zero-order chi connectivity index (χ0) is 25.1. The fraction of sp³-hybridized carbons (Fsp3) is 0.0800. The van der Waals surface area contributed by atoms with Crippen molar-refractivity contribution in [3.05, 3.63) is 107 Å². The number of allylic oxidation sites excluding steroid dienone is 2. The van der Waals surface area contributed by atoms with Crippen LogP contribution in [0.25, 0.3) is 5.57 Å². The molecule has 0 aromatic heterocycles. The van der Waals surface area contributed by atoms with Gasteiger partial charge in [-0.3, -0.25) is 0 Å². The van der Waals surface area contributed by atoms with E-state index in [1.165, 1.54) is 36.4 Å². The summed E-state index contributed by atoms with van der Waals surface area (Å²) in [6.45, 7) is 1.83. The lowest BCUT2D eigenvalue weighted by Gasteiger charge is -2.11. The number of hydrogen-bond donors (Lipinski definition) is 0. The molecule has 10 heteroatoms. The molecule has 0 radical (unpaired) electrons. The molecule has 0 fully saturated rings. The second-order valence-electron chi connectivity index (χ2n) is 7.43. The Morgan fingerprint density at radius 3 is 2.09 bits per heavy atom. The molecule has 1 aliphatic rings.